The Morgan fingerprint density at radius 2 is 0.955 bits per heavy atom. The maximum atomic E-state index is 2.47. The van der Waals surface area contributed by atoms with Crippen LogP contribution in [0.1, 0.15) is 48.9 Å². The summed E-state index contributed by atoms with van der Waals surface area (Å²) in [6.07, 6.45) is 2.69. The first-order chi connectivity index (χ1) is 10.5. The van der Waals surface area contributed by atoms with Crippen molar-refractivity contribution in [1.82, 2.24) is 0 Å². The first-order valence-electron chi connectivity index (χ1n) is 8.67. The molecule has 2 saturated carbocycles. The monoisotopic (exact) mass is 290 g/mol. The topological polar surface area (TPSA) is 0 Å². The summed E-state index contributed by atoms with van der Waals surface area (Å²) in [7, 11) is 0. The average molecular weight is 290 g/mol. The summed E-state index contributed by atoms with van der Waals surface area (Å²) in [5.41, 5.74) is 6.59. The molecule has 4 rings (SSSR count). The average Bonchev–Trinajstić information content (AvgIpc) is 2.50. The van der Waals surface area contributed by atoms with E-state index in [0.29, 0.717) is 10.8 Å². The molecule has 114 valence electrons. The molecule has 0 heterocycles. The van der Waals surface area contributed by atoms with E-state index in [9.17, 15) is 0 Å². The molecule has 0 saturated heterocycles. The summed E-state index contributed by atoms with van der Waals surface area (Å²) in [6.45, 7) is 9.30. The Labute approximate surface area is 134 Å². The van der Waals surface area contributed by atoms with Crippen molar-refractivity contribution in [1.29, 1.82) is 0 Å². The molecule has 0 unspecified atom stereocenters. The van der Waals surface area contributed by atoms with Crippen molar-refractivity contribution in [3.63, 3.8) is 0 Å². The van der Waals surface area contributed by atoms with Crippen molar-refractivity contribution in [3.05, 3.63) is 70.8 Å². The molecular formula is C22H26. The van der Waals surface area contributed by atoms with Crippen LogP contribution in [-0.2, 0) is 10.8 Å². The molecule has 2 aliphatic rings. The van der Waals surface area contributed by atoms with E-state index in [4.69, 9.17) is 0 Å². The van der Waals surface area contributed by atoms with Gasteiger partial charge in [-0.3, -0.25) is 0 Å². The summed E-state index contributed by atoms with van der Waals surface area (Å²) >= 11 is 0. The summed E-state index contributed by atoms with van der Waals surface area (Å²) in [4.78, 5) is 0. The summed E-state index contributed by atoms with van der Waals surface area (Å²) in [5.74, 6) is 1.54. The van der Waals surface area contributed by atoms with Gasteiger partial charge < -0.3 is 0 Å². The Balaban J connectivity index is 1.84. The Kier molecular flexibility index (Phi) is 2.86. The van der Waals surface area contributed by atoms with Crippen molar-refractivity contribution in [2.75, 3.05) is 0 Å². The highest BCUT2D eigenvalue weighted by atomic mass is 14.8. The van der Waals surface area contributed by atoms with Crippen LogP contribution in [0.5, 0.6) is 0 Å². The van der Waals surface area contributed by atoms with Crippen molar-refractivity contribution in [3.8, 4) is 0 Å². The molecule has 0 spiro atoms. The van der Waals surface area contributed by atoms with Crippen molar-refractivity contribution >= 4 is 0 Å². The third-order valence-corrected chi connectivity index (χ3v) is 7.15. The maximum absolute atomic E-state index is 2.47. The highest BCUT2D eigenvalue weighted by Crippen LogP contribution is 2.76. The minimum absolute atomic E-state index is 0.370. The minimum atomic E-state index is 0.370. The molecule has 0 nitrogen and oxygen atoms in total. The number of rotatable bonds is 2. The molecule has 22 heavy (non-hydrogen) atoms. The zero-order valence-electron chi connectivity index (χ0n) is 14.2. The van der Waals surface area contributed by atoms with Crippen LogP contribution in [0.25, 0.3) is 0 Å². The number of benzene rings is 2. The van der Waals surface area contributed by atoms with E-state index >= 15 is 0 Å². The van der Waals surface area contributed by atoms with E-state index in [2.05, 4.69) is 76.2 Å². The van der Waals surface area contributed by atoms with Gasteiger partial charge in [0.25, 0.3) is 0 Å². The molecular weight excluding hydrogens is 264 g/mol. The van der Waals surface area contributed by atoms with Gasteiger partial charge in [0.2, 0.25) is 0 Å². The summed E-state index contributed by atoms with van der Waals surface area (Å²) in [5, 5.41) is 0. The lowest BCUT2D eigenvalue weighted by atomic mass is 9.26. The molecule has 2 fully saturated rings. The maximum Gasteiger partial charge on any atom is 0.00812 e. The SMILES string of the molecule is Cc1ccc([C@]23CC[C@@]2(c2ccc(C)cc2)[C@@H](C)[C@@H]3C)cc1. The molecule has 4 atom stereocenters. The zero-order chi connectivity index (χ0) is 15.5. The molecule has 0 aromatic heterocycles. The quantitative estimate of drug-likeness (QED) is 0.679. The van der Waals surface area contributed by atoms with Crippen LogP contribution in [-0.4, -0.2) is 0 Å². The fraction of sp³-hybridized carbons (Fsp3) is 0.455. The second-order valence-electron chi connectivity index (χ2n) is 7.75. The molecule has 0 heteroatoms. The Bertz CT molecular complexity index is 630. The van der Waals surface area contributed by atoms with Crippen molar-refractivity contribution in [2.24, 2.45) is 11.8 Å². The van der Waals surface area contributed by atoms with E-state index in [-0.39, 0.29) is 0 Å². The van der Waals surface area contributed by atoms with Gasteiger partial charge in [-0.05, 0) is 49.7 Å². The fourth-order valence-corrected chi connectivity index (χ4v) is 5.72. The van der Waals surface area contributed by atoms with Gasteiger partial charge in [0.05, 0.1) is 0 Å². The smallest absolute Gasteiger partial charge is 0.00812 e. The molecule has 2 aromatic rings. The first-order valence-corrected chi connectivity index (χ1v) is 8.67. The third kappa shape index (κ3) is 1.44. The predicted octanol–water partition coefficient (Wildman–Crippen LogP) is 5.56. The second-order valence-corrected chi connectivity index (χ2v) is 7.75. The molecule has 2 aromatic carbocycles. The Hall–Kier alpha value is -1.56. The molecule has 2 aliphatic carbocycles. The van der Waals surface area contributed by atoms with Crippen LogP contribution in [0, 0.1) is 25.7 Å². The number of aryl methyl sites for hydroxylation is 2. The van der Waals surface area contributed by atoms with Crippen LogP contribution < -0.4 is 0 Å². The number of hydrogen-bond donors (Lipinski definition) is 0. The van der Waals surface area contributed by atoms with Gasteiger partial charge in [-0.25, -0.2) is 0 Å². The highest BCUT2D eigenvalue weighted by Gasteiger charge is 2.74. The minimum Gasteiger partial charge on any atom is -0.0613 e. The normalized spacial score (nSPS) is 36.2. The van der Waals surface area contributed by atoms with E-state index in [0.717, 1.165) is 11.8 Å². The largest absolute Gasteiger partial charge is 0.0613 e. The van der Waals surface area contributed by atoms with Crippen LogP contribution in [0.15, 0.2) is 48.5 Å². The summed E-state index contributed by atoms with van der Waals surface area (Å²) in [6, 6.07) is 18.7. The lowest BCUT2D eigenvalue weighted by molar-refractivity contribution is -0.155. The zero-order valence-corrected chi connectivity index (χ0v) is 14.2. The van der Waals surface area contributed by atoms with Crippen LogP contribution in [0.2, 0.25) is 0 Å². The van der Waals surface area contributed by atoms with Crippen LogP contribution in [0.3, 0.4) is 0 Å². The summed E-state index contributed by atoms with van der Waals surface area (Å²) < 4.78 is 0. The van der Waals surface area contributed by atoms with Gasteiger partial charge in [0.1, 0.15) is 0 Å². The van der Waals surface area contributed by atoms with Crippen molar-refractivity contribution < 1.29 is 0 Å². The Morgan fingerprint density at radius 3 is 1.23 bits per heavy atom. The number of fused-ring (bicyclic) bond motifs is 1. The van der Waals surface area contributed by atoms with Gasteiger partial charge in [0, 0.05) is 10.8 Å². The van der Waals surface area contributed by atoms with Gasteiger partial charge in [-0.15, -0.1) is 0 Å². The molecule has 0 bridgehead atoms. The highest BCUT2D eigenvalue weighted by molar-refractivity contribution is 5.51. The third-order valence-electron chi connectivity index (χ3n) is 7.15. The van der Waals surface area contributed by atoms with Gasteiger partial charge in [-0.1, -0.05) is 73.5 Å². The second kappa shape index (κ2) is 4.47. The predicted molar refractivity (Wildman–Crippen MR) is 93.3 cm³/mol. The van der Waals surface area contributed by atoms with E-state index in [1.165, 1.54) is 24.0 Å². The van der Waals surface area contributed by atoms with E-state index in [1.54, 1.807) is 11.1 Å². The van der Waals surface area contributed by atoms with Gasteiger partial charge in [0.15, 0.2) is 0 Å². The fourth-order valence-electron chi connectivity index (χ4n) is 5.72. The van der Waals surface area contributed by atoms with Gasteiger partial charge in [-0.2, -0.15) is 0 Å². The van der Waals surface area contributed by atoms with Crippen LogP contribution >= 0.6 is 0 Å². The molecule has 0 amide bonds. The number of hydrogen-bond acceptors (Lipinski definition) is 0. The standard InChI is InChI=1S/C22H26/c1-15-5-9-19(10-6-15)21-13-14-22(21,18(4)17(21)3)20-11-7-16(2)8-12-20/h5-12,17-18H,13-14H2,1-4H3/t17-,18-,21-,22+/m0/s1. The van der Waals surface area contributed by atoms with E-state index < -0.39 is 0 Å². The molecule has 0 radical (unpaired) electrons. The van der Waals surface area contributed by atoms with Gasteiger partial charge >= 0.3 is 0 Å². The van der Waals surface area contributed by atoms with Crippen LogP contribution in [0.4, 0.5) is 0 Å². The van der Waals surface area contributed by atoms with Crippen molar-refractivity contribution in [2.45, 2.75) is 51.4 Å². The molecule has 0 N–H and O–H groups in total. The molecule has 0 aliphatic heterocycles. The lowest BCUT2D eigenvalue weighted by Crippen LogP contribution is -2.75. The van der Waals surface area contributed by atoms with E-state index in [1.807, 2.05) is 0 Å². The lowest BCUT2D eigenvalue weighted by Gasteiger charge is -2.76. The first kappa shape index (κ1) is 14.1. The Morgan fingerprint density at radius 1 is 0.636 bits per heavy atom.